The first kappa shape index (κ1) is 44.3. The zero-order chi connectivity index (χ0) is 43.5. The Morgan fingerprint density at radius 2 is 1.44 bits per heavy atom. The number of hydrogen-bond acceptors (Lipinski definition) is 10. The van der Waals surface area contributed by atoms with Crippen molar-refractivity contribution in [1.82, 2.24) is 45.1 Å². The van der Waals surface area contributed by atoms with Gasteiger partial charge in [0.1, 0.15) is 0 Å². The number of pyridine rings is 2. The minimum atomic E-state index is -4.36. The number of halogens is 3. The van der Waals surface area contributed by atoms with Gasteiger partial charge in [-0.3, -0.25) is 29.6 Å². The van der Waals surface area contributed by atoms with Crippen LogP contribution in [-0.2, 0) is 32.1 Å². The largest absolute Gasteiger partial charge is 0.416 e. The van der Waals surface area contributed by atoms with Gasteiger partial charge in [0.25, 0.3) is 0 Å². The van der Waals surface area contributed by atoms with E-state index in [1.165, 1.54) is 51.5 Å². The Kier molecular flexibility index (Phi) is 13.8. The maximum Gasteiger partial charge on any atom is 0.416 e. The molecule has 4 aromatic rings. The molecule has 2 aliphatic carbocycles. The highest BCUT2D eigenvalue weighted by Gasteiger charge is 2.37. The number of benzene rings is 2. The summed E-state index contributed by atoms with van der Waals surface area (Å²) in [5.41, 5.74) is 9.48. The van der Waals surface area contributed by atoms with E-state index < -0.39 is 11.7 Å². The number of fused-ring (bicyclic) bond motifs is 2. The standard InChI is InChI=1S/C50H67F3N10/c1-58-25-27-62(28-26-58)44-13-5-4-9-38(44)31-61-24-23-54-40(34-61)32-60(3)46-15-7-12-43-42(20-22-56-49(43)46)47-29-57-41(33-59(2)45-14-6-10-37-11-8-21-55-48(37)45)35-63(47)30-36-16-18-39(19-17-36)50(51,52)53/h4-5,8-9,11,13,16-22,40-41,45-47,54,57H,6-7,10,12,14-15,23-35H2,1-3H3/t40-,41-,45+,46+,47?/m1/s1. The van der Waals surface area contributed by atoms with E-state index in [1.807, 2.05) is 18.5 Å². The van der Waals surface area contributed by atoms with Crippen molar-refractivity contribution in [2.75, 3.05) is 98.0 Å². The van der Waals surface area contributed by atoms with Gasteiger partial charge in [0.05, 0.1) is 29.0 Å². The summed E-state index contributed by atoms with van der Waals surface area (Å²) >= 11 is 0. The fraction of sp³-hybridized carbons (Fsp3) is 0.560. The maximum atomic E-state index is 13.6. The van der Waals surface area contributed by atoms with Crippen LogP contribution in [0.3, 0.4) is 0 Å². The Labute approximate surface area is 372 Å². The number of anilines is 1. The number of rotatable bonds is 12. The average molecular weight is 865 g/mol. The third kappa shape index (κ3) is 10.3. The summed E-state index contributed by atoms with van der Waals surface area (Å²) in [6.45, 7) is 12.2. The number of nitrogens with one attached hydrogen (secondary N) is 2. The molecule has 3 aliphatic heterocycles. The van der Waals surface area contributed by atoms with E-state index in [0.29, 0.717) is 12.6 Å². The van der Waals surface area contributed by atoms with Gasteiger partial charge in [-0.2, -0.15) is 13.2 Å². The molecule has 0 amide bonds. The van der Waals surface area contributed by atoms with Gasteiger partial charge in [-0.1, -0.05) is 36.4 Å². The fourth-order valence-corrected chi connectivity index (χ4v) is 11.3. The zero-order valence-electron chi connectivity index (χ0n) is 37.5. The number of aromatic nitrogens is 2. The van der Waals surface area contributed by atoms with Gasteiger partial charge in [0, 0.05) is 121 Å². The van der Waals surface area contributed by atoms with Crippen molar-refractivity contribution in [1.29, 1.82) is 0 Å². The van der Waals surface area contributed by atoms with E-state index in [4.69, 9.17) is 9.97 Å². The molecule has 2 N–H and O–H groups in total. The Morgan fingerprint density at radius 3 is 2.22 bits per heavy atom. The van der Waals surface area contributed by atoms with E-state index in [0.717, 1.165) is 123 Å². The van der Waals surface area contributed by atoms with E-state index in [9.17, 15) is 13.2 Å². The van der Waals surface area contributed by atoms with Crippen molar-refractivity contribution >= 4 is 5.69 Å². The molecular formula is C50H67F3N10. The molecule has 13 heteroatoms. The van der Waals surface area contributed by atoms with Crippen LogP contribution in [0.25, 0.3) is 0 Å². The second kappa shape index (κ2) is 19.7. The van der Waals surface area contributed by atoms with Crippen molar-refractivity contribution in [2.45, 2.75) is 88.0 Å². The molecule has 338 valence electrons. The van der Waals surface area contributed by atoms with Crippen LogP contribution in [0.15, 0.2) is 79.1 Å². The summed E-state index contributed by atoms with van der Waals surface area (Å²) < 4.78 is 40.8. The minimum Gasteiger partial charge on any atom is -0.369 e. The number of para-hydroxylation sites is 1. The summed E-state index contributed by atoms with van der Waals surface area (Å²) in [6, 6.07) is 22.3. The van der Waals surface area contributed by atoms with Crippen LogP contribution in [0.5, 0.6) is 0 Å². The lowest BCUT2D eigenvalue weighted by molar-refractivity contribution is -0.137. The van der Waals surface area contributed by atoms with Gasteiger partial charge in [-0.05, 0) is 118 Å². The first-order chi connectivity index (χ1) is 30.6. The maximum absolute atomic E-state index is 13.6. The zero-order valence-corrected chi connectivity index (χ0v) is 37.5. The number of alkyl halides is 3. The van der Waals surface area contributed by atoms with E-state index >= 15 is 0 Å². The molecule has 2 aromatic heterocycles. The quantitative estimate of drug-likeness (QED) is 0.164. The molecule has 5 atom stereocenters. The third-order valence-electron chi connectivity index (χ3n) is 14.7. The molecule has 0 saturated carbocycles. The highest BCUT2D eigenvalue weighted by molar-refractivity contribution is 5.54. The second-order valence-electron chi connectivity index (χ2n) is 19.1. The summed E-state index contributed by atoms with van der Waals surface area (Å²) in [6.07, 6.45) is 6.02. The molecule has 1 unspecified atom stereocenters. The number of piperazine rings is 3. The molecular weight excluding hydrogens is 798 g/mol. The van der Waals surface area contributed by atoms with E-state index in [1.54, 1.807) is 12.1 Å². The fourth-order valence-electron chi connectivity index (χ4n) is 11.3. The van der Waals surface area contributed by atoms with Crippen molar-refractivity contribution in [2.24, 2.45) is 0 Å². The lowest BCUT2D eigenvalue weighted by Crippen LogP contribution is -2.56. The Balaban J connectivity index is 0.898. The summed E-state index contributed by atoms with van der Waals surface area (Å²) in [4.78, 5) is 25.1. The number of hydrogen-bond donors (Lipinski definition) is 2. The van der Waals surface area contributed by atoms with E-state index in [2.05, 4.69) is 97.6 Å². The van der Waals surface area contributed by atoms with Crippen molar-refractivity contribution < 1.29 is 13.2 Å². The molecule has 0 spiro atoms. The highest BCUT2D eigenvalue weighted by Crippen LogP contribution is 2.39. The third-order valence-corrected chi connectivity index (χ3v) is 14.7. The average Bonchev–Trinajstić information content (AvgIpc) is 3.29. The van der Waals surface area contributed by atoms with Crippen LogP contribution < -0.4 is 15.5 Å². The van der Waals surface area contributed by atoms with Crippen molar-refractivity contribution in [3.63, 3.8) is 0 Å². The molecule has 9 rings (SSSR count). The molecule has 10 nitrogen and oxygen atoms in total. The molecule has 0 bridgehead atoms. The smallest absolute Gasteiger partial charge is 0.369 e. The summed E-state index contributed by atoms with van der Waals surface area (Å²) in [5, 5.41) is 7.80. The Bertz CT molecular complexity index is 2120. The Hall–Kier alpha value is -3.95. The van der Waals surface area contributed by atoms with Crippen LogP contribution in [0, 0.1) is 0 Å². The number of likely N-dealkylation sites (N-methyl/N-ethyl adjacent to an activating group) is 3. The van der Waals surface area contributed by atoms with Gasteiger partial charge in [-0.15, -0.1) is 0 Å². The summed E-state index contributed by atoms with van der Waals surface area (Å²) in [7, 11) is 6.70. The molecule has 3 fully saturated rings. The summed E-state index contributed by atoms with van der Waals surface area (Å²) in [5.74, 6) is 0. The number of nitrogens with zero attached hydrogens (tertiary/aromatic N) is 8. The topological polar surface area (TPSA) is 69.3 Å². The predicted octanol–water partition coefficient (Wildman–Crippen LogP) is 6.55. The van der Waals surface area contributed by atoms with Gasteiger partial charge in [-0.25, -0.2) is 0 Å². The SMILES string of the molecule is CN1CCN(c2ccccc2CN2CCN[C@H](CN(C)[C@H]3CCCc4c(C5CN[C@H](CN(C)[C@H]6CCCc7cccnc76)CN5Cc5ccc(C(F)(F)F)cc5)ccnc43)C2)CC1. The molecule has 5 aliphatic rings. The molecule has 3 saturated heterocycles. The first-order valence-electron chi connectivity index (χ1n) is 23.5. The predicted molar refractivity (Wildman–Crippen MR) is 245 cm³/mol. The number of aryl methyl sites for hydroxylation is 1. The van der Waals surface area contributed by atoms with Crippen LogP contribution in [0.1, 0.15) is 88.6 Å². The second-order valence-corrected chi connectivity index (χ2v) is 19.1. The highest BCUT2D eigenvalue weighted by atomic mass is 19.4. The molecule has 0 radical (unpaired) electrons. The van der Waals surface area contributed by atoms with Gasteiger partial charge >= 0.3 is 6.18 Å². The normalized spacial score (nSPS) is 25.3. The lowest BCUT2D eigenvalue weighted by atomic mass is 9.84. The van der Waals surface area contributed by atoms with Crippen LogP contribution >= 0.6 is 0 Å². The van der Waals surface area contributed by atoms with Crippen molar-refractivity contribution in [3.8, 4) is 0 Å². The van der Waals surface area contributed by atoms with Crippen LogP contribution in [0.2, 0.25) is 0 Å². The molecule has 2 aromatic carbocycles. The van der Waals surface area contributed by atoms with Crippen LogP contribution in [-0.4, -0.2) is 140 Å². The van der Waals surface area contributed by atoms with Gasteiger partial charge in [0.15, 0.2) is 0 Å². The molecule has 63 heavy (non-hydrogen) atoms. The van der Waals surface area contributed by atoms with Gasteiger partial charge < -0.3 is 20.4 Å². The van der Waals surface area contributed by atoms with E-state index in [-0.39, 0.29) is 24.2 Å². The van der Waals surface area contributed by atoms with Crippen molar-refractivity contribution in [3.05, 3.63) is 124 Å². The monoisotopic (exact) mass is 865 g/mol. The lowest BCUT2D eigenvalue weighted by Gasteiger charge is -2.44. The molecule has 5 heterocycles. The Morgan fingerprint density at radius 1 is 0.730 bits per heavy atom. The first-order valence-corrected chi connectivity index (χ1v) is 23.5. The van der Waals surface area contributed by atoms with Gasteiger partial charge in [0.2, 0.25) is 0 Å². The van der Waals surface area contributed by atoms with Crippen LogP contribution in [0.4, 0.5) is 18.9 Å². The minimum absolute atomic E-state index is 0.0639.